The molecule has 1 unspecified atom stereocenters. The first-order valence-corrected chi connectivity index (χ1v) is 5.78. The molecule has 0 fully saturated rings. The lowest BCUT2D eigenvalue weighted by Crippen LogP contribution is -2.29. The van der Waals surface area contributed by atoms with Crippen molar-refractivity contribution in [1.82, 2.24) is 10.4 Å². The molecule has 1 aromatic heterocycles. The van der Waals surface area contributed by atoms with Gasteiger partial charge in [-0.15, -0.1) is 0 Å². The Bertz CT molecular complexity index is 528. The van der Waals surface area contributed by atoms with Gasteiger partial charge in [0.1, 0.15) is 0 Å². The van der Waals surface area contributed by atoms with E-state index in [0.717, 1.165) is 11.1 Å². The highest BCUT2D eigenvalue weighted by Gasteiger charge is 2.18. The molecule has 94 valence electrons. The smallest absolute Gasteiger partial charge is 0.218 e. The normalized spacial score (nSPS) is 12.2. The lowest BCUT2D eigenvalue weighted by molar-refractivity contribution is 0.387. The van der Waals surface area contributed by atoms with Crippen molar-refractivity contribution in [2.24, 2.45) is 5.84 Å². The fraction of sp³-hybridized carbons (Fsp3) is 0.214. The van der Waals surface area contributed by atoms with E-state index in [-0.39, 0.29) is 6.04 Å². The Balaban J connectivity index is 2.49. The molecule has 0 radical (unpaired) electrons. The number of methoxy groups -OCH3 is 1. The zero-order valence-electron chi connectivity index (χ0n) is 10.6. The van der Waals surface area contributed by atoms with Crippen LogP contribution in [0.1, 0.15) is 22.7 Å². The topological polar surface area (TPSA) is 60.2 Å². The predicted octanol–water partition coefficient (Wildman–Crippen LogP) is 1.95. The number of hydrazine groups is 1. The van der Waals surface area contributed by atoms with Crippen molar-refractivity contribution < 1.29 is 4.74 Å². The molecule has 1 atom stereocenters. The molecule has 0 aliphatic heterocycles. The van der Waals surface area contributed by atoms with Gasteiger partial charge in [-0.2, -0.15) is 0 Å². The zero-order chi connectivity index (χ0) is 13.0. The van der Waals surface area contributed by atoms with Crippen LogP contribution in [0.15, 0.2) is 42.6 Å². The van der Waals surface area contributed by atoms with E-state index in [0.29, 0.717) is 5.88 Å². The Kier molecular flexibility index (Phi) is 3.92. The number of nitrogens with zero attached hydrogens (tertiary/aromatic N) is 1. The number of nitrogens with two attached hydrogens (primary N) is 1. The molecule has 0 saturated carbocycles. The van der Waals surface area contributed by atoms with Gasteiger partial charge >= 0.3 is 0 Å². The molecular weight excluding hydrogens is 226 g/mol. The summed E-state index contributed by atoms with van der Waals surface area (Å²) in [7, 11) is 1.61. The number of rotatable bonds is 4. The van der Waals surface area contributed by atoms with E-state index in [1.165, 1.54) is 5.56 Å². The fourth-order valence-electron chi connectivity index (χ4n) is 2.05. The summed E-state index contributed by atoms with van der Waals surface area (Å²) in [6.45, 7) is 2.06. The van der Waals surface area contributed by atoms with Crippen LogP contribution in [-0.2, 0) is 0 Å². The minimum absolute atomic E-state index is 0.130. The lowest BCUT2D eigenvalue weighted by Gasteiger charge is -2.20. The number of aromatic nitrogens is 1. The van der Waals surface area contributed by atoms with Crippen LogP contribution in [0.25, 0.3) is 0 Å². The molecule has 4 nitrogen and oxygen atoms in total. The standard InChI is InChI=1S/C14H17N3O/c1-10-6-3-4-7-11(10)13(17-15)12-8-5-9-16-14(12)18-2/h3-9,13,17H,15H2,1-2H3. The molecule has 1 heterocycles. The number of aryl methyl sites for hydroxylation is 1. The van der Waals surface area contributed by atoms with Crippen LogP contribution in [0.2, 0.25) is 0 Å². The van der Waals surface area contributed by atoms with Gasteiger partial charge in [-0.1, -0.05) is 30.3 Å². The van der Waals surface area contributed by atoms with Crippen LogP contribution in [0.3, 0.4) is 0 Å². The van der Waals surface area contributed by atoms with E-state index in [1.54, 1.807) is 13.3 Å². The molecule has 3 N–H and O–H groups in total. The molecular formula is C14H17N3O. The second kappa shape index (κ2) is 5.62. The molecule has 0 bridgehead atoms. The first-order chi connectivity index (χ1) is 8.77. The Hall–Kier alpha value is -1.91. The van der Waals surface area contributed by atoms with E-state index in [1.807, 2.05) is 30.3 Å². The van der Waals surface area contributed by atoms with Crippen molar-refractivity contribution in [1.29, 1.82) is 0 Å². The molecule has 2 aromatic rings. The third-order valence-corrected chi connectivity index (χ3v) is 2.97. The Labute approximate surface area is 107 Å². The van der Waals surface area contributed by atoms with E-state index in [4.69, 9.17) is 10.6 Å². The van der Waals surface area contributed by atoms with E-state index < -0.39 is 0 Å². The highest BCUT2D eigenvalue weighted by molar-refractivity contribution is 5.40. The van der Waals surface area contributed by atoms with Crippen LogP contribution < -0.4 is 16.0 Å². The average Bonchev–Trinajstić information content (AvgIpc) is 2.42. The molecule has 18 heavy (non-hydrogen) atoms. The van der Waals surface area contributed by atoms with Gasteiger partial charge < -0.3 is 4.74 Å². The van der Waals surface area contributed by atoms with Gasteiger partial charge in [0.15, 0.2) is 0 Å². The van der Waals surface area contributed by atoms with E-state index >= 15 is 0 Å². The summed E-state index contributed by atoms with van der Waals surface area (Å²) in [4.78, 5) is 4.20. The monoisotopic (exact) mass is 243 g/mol. The van der Waals surface area contributed by atoms with Crippen molar-refractivity contribution in [3.8, 4) is 5.88 Å². The summed E-state index contributed by atoms with van der Waals surface area (Å²) in [5, 5.41) is 0. The maximum atomic E-state index is 5.70. The van der Waals surface area contributed by atoms with Gasteiger partial charge in [0.25, 0.3) is 0 Å². The van der Waals surface area contributed by atoms with Gasteiger partial charge in [0.05, 0.1) is 13.2 Å². The third kappa shape index (κ3) is 2.34. The minimum Gasteiger partial charge on any atom is -0.481 e. The maximum Gasteiger partial charge on any atom is 0.218 e. The Morgan fingerprint density at radius 1 is 1.17 bits per heavy atom. The number of hydrogen-bond acceptors (Lipinski definition) is 4. The SMILES string of the molecule is COc1ncccc1C(NN)c1ccccc1C. The average molecular weight is 243 g/mol. The summed E-state index contributed by atoms with van der Waals surface area (Å²) in [6, 6.07) is 11.8. The Morgan fingerprint density at radius 2 is 1.89 bits per heavy atom. The summed E-state index contributed by atoms with van der Waals surface area (Å²) >= 11 is 0. The van der Waals surface area contributed by atoms with Crippen LogP contribution in [0.5, 0.6) is 5.88 Å². The quantitative estimate of drug-likeness (QED) is 0.636. The van der Waals surface area contributed by atoms with E-state index in [2.05, 4.69) is 23.4 Å². The fourth-order valence-corrected chi connectivity index (χ4v) is 2.05. The zero-order valence-corrected chi connectivity index (χ0v) is 10.6. The second-order valence-electron chi connectivity index (χ2n) is 4.06. The van der Waals surface area contributed by atoms with Gasteiger partial charge in [-0.25, -0.2) is 10.4 Å². The first kappa shape index (κ1) is 12.5. The molecule has 2 rings (SSSR count). The van der Waals surface area contributed by atoms with Crippen LogP contribution in [-0.4, -0.2) is 12.1 Å². The number of pyridine rings is 1. The van der Waals surface area contributed by atoms with Crippen molar-refractivity contribution in [3.05, 3.63) is 59.3 Å². The molecule has 0 aliphatic rings. The number of hydrogen-bond donors (Lipinski definition) is 2. The van der Waals surface area contributed by atoms with Gasteiger partial charge in [0, 0.05) is 11.8 Å². The maximum absolute atomic E-state index is 5.70. The molecule has 0 amide bonds. The van der Waals surface area contributed by atoms with Gasteiger partial charge in [0.2, 0.25) is 5.88 Å². The van der Waals surface area contributed by atoms with Crippen LogP contribution in [0, 0.1) is 6.92 Å². The first-order valence-electron chi connectivity index (χ1n) is 5.78. The predicted molar refractivity (Wildman–Crippen MR) is 71.1 cm³/mol. The van der Waals surface area contributed by atoms with Crippen molar-refractivity contribution in [2.75, 3.05) is 7.11 Å². The molecule has 0 spiro atoms. The second-order valence-corrected chi connectivity index (χ2v) is 4.06. The van der Waals surface area contributed by atoms with Gasteiger partial charge in [-0.3, -0.25) is 5.84 Å². The molecule has 4 heteroatoms. The number of benzene rings is 1. The highest BCUT2D eigenvalue weighted by Crippen LogP contribution is 2.29. The summed E-state index contributed by atoms with van der Waals surface area (Å²) in [5.74, 6) is 6.28. The highest BCUT2D eigenvalue weighted by atomic mass is 16.5. The van der Waals surface area contributed by atoms with Crippen LogP contribution in [0.4, 0.5) is 0 Å². The van der Waals surface area contributed by atoms with Crippen LogP contribution >= 0.6 is 0 Å². The summed E-state index contributed by atoms with van der Waals surface area (Å²) in [6.07, 6.45) is 1.70. The van der Waals surface area contributed by atoms with Crippen molar-refractivity contribution in [2.45, 2.75) is 13.0 Å². The van der Waals surface area contributed by atoms with E-state index in [9.17, 15) is 0 Å². The third-order valence-electron chi connectivity index (χ3n) is 2.97. The van der Waals surface area contributed by atoms with Gasteiger partial charge in [-0.05, 0) is 24.1 Å². The Morgan fingerprint density at radius 3 is 2.56 bits per heavy atom. The number of ether oxygens (including phenoxy) is 1. The summed E-state index contributed by atoms with van der Waals surface area (Å²) in [5.41, 5.74) is 6.05. The van der Waals surface area contributed by atoms with Crippen molar-refractivity contribution in [3.63, 3.8) is 0 Å². The molecule has 0 aliphatic carbocycles. The summed E-state index contributed by atoms with van der Waals surface area (Å²) < 4.78 is 5.28. The lowest BCUT2D eigenvalue weighted by atomic mass is 9.96. The number of nitrogens with one attached hydrogen (secondary N) is 1. The molecule has 0 saturated heterocycles. The largest absolute Gasteiger partial charge is 0.481 e. The minimum atomic E-state index is -0.130. The molecule has 1 aromatic carbocycles. The van der Waals surface area contributed by atoms with Crippen molar-refractivity contribution >= 4 is 0 Å².